The van der Waals surface area contributed by atoms with Crippen molar-refractivity contribution in [2.45, 2.75) is 162 Å². The van der Waals surface area contributed by atoms with Gasteiger partial charge in [0.1, 0.15) is 0 Å². The van der Waals surface area contributed by atoms with Crippen molar-refractivity contribution >= 4 is 47.0 Å². The third-order valence-corrected chi connectivity index (χ3v) is 12.5. The highest BCUT2D eigenvalue weighted by atomic mass is 35.5. The van der Waals surface area contributed by atoms with Crippen molar-refractivity contribution in [3.8, 4) is 0 Å². The number of unbranched alkanes of at least 4 members (excludes halogenated alkanes) is 4. The van der Waals surface area contributed by atoms with Crippen molar-refractivity contribution in [1.82, 2.24) is 0 Å². The fraction of sp³-hybridized carbons (Fsp3) is 0.756. The van der Waals surface area contributed by atoms with Gasteiger partial charge in [-0.3, -0.25) is 28.8 Å². The number of aliphatic carboxylic acids is 2. The molecular formula is C41H65ClO11. The number of rotatable bonds is 12. The SMILES string of the molecule is CCC(=O)O.CCC(=O)O.CCC(=O)OCC(=O)[C@@]1(OC(=O)CC)[C@@H](C)C[C@H]2[C@@H]3CCC4=CC(=O)C=C[C@]4(C)C3(Cl)[C@@H](O)C[C@@]21C.CCCCCCC. The predicted octanol–water partition coefficient (Wildman–Crippen LogP) is 8.03. The number of carbonyl (C=O) groups excluding carboxylic acids is 4. The van der Waals surface area contributed by atoms with E-state index >= 15 is 0 Å². The number of carbonyl (C=O) groups is 6. The quantitative estimate of drug-likeness (QED) is 0.0993. The number of allylic oxidation sites excluding steroid dienone is 4. The predicted molar refractivity (Wildman–Crippen MR) is 203 cm³/mol. The van der Waals surface area contributed by atoms with E-state index in [0.717, 1.165) is 5.57 Å². The number of fused-ring (bicyclic) bond motifs is 5. The van der Waals surface area contributed by atoms with E-state index in [4.69, 9.17) is 31.3 Å². The van der Waals surface area contributed by atoms with Gasteiger partial charge in [0.05, 0.1) is 11.0 Å². The second-order valence-electron chi connectivity index (χ2n) is 15.0. The van der Waals surface area contributed by atoms with Crippen LogP contribution in [0.15, 0.2) is 23.8 Å². The van der Waals surface area contributed by atoms with Crippen molar-refractivity contribution in [1.29, 1.82) is 0 Å². The summed E-state index contributed by atoms with van der Waals surface area (Å²) in [6, 6.07) is 0. The molecule has 0 aromatic carbocycles. The zero-order valence-electron chi connectivity index (χ0n) is 33.4. The Morgan fingerprint density at radius 2 is 1.38 bits per heavy atom. The maximum Gasteiger partial charge on any atom is 0.306 e. The Balaban J connectivity index is 0.000000687. The number of aliphatic hydroxyl groups is 1. The minimum atomic E-state index is -1.55. The van der Waals surface area contributed by atoms with Crippen LogP contribution in [0, 0.1) is 28.6 Å². The van der Waals surface area contributed by atoms with Crippen molar-refractivity contribution in [3.63, 3.8) is 0 Å². The maximum absolute atomic E-state index is 13.9. The Morgan fingerprint density at radius 1 is 0.849 bits per heavy atom. The van der Waals surface area contributed by atoms with E-state index < -0.39 is 63.7 Å². The summed E-state index contributed by atoms with van der Waals surface area (Å²) < 4.78 is 11.3. The second kappa shape index (κ2) is 21.1. The van der Waals surface area contributed by atoms with Gasteiger partial charge in [-0.05, 0) is 49.7 Å². The summed E-state index contributed by atoms with van der Waals surface area (Å²) in [6.07, 6.45) is 13.6. The van der Waals surface area contributed by atoms with Gasteiger partial charge in [-0.15, -0.1) is 11.6 Å². The molecule has 8 atom stereocenters. The van der Waals surface area contributed by atoms with Gasteiger partial charge in [-0.25, -0.2) is 0 Å². The summed E-state index contributed by atoms with van der Waals surface area (Å²) >= 11 is 7.48. The molecule has 53 heavy (non-hydrogen) atoms. The molecule has 302 valence electrons. The Bertz CT molecular complexity index is 1340. The fourth-order valence-corrected chi connectivity index (χ4v) is 9.21. The first-order chi connectivity index (χ1) is 24.8. The molecule has 0 heterocycles. The molecule has 12 heteroatoms. The van der Waals surface area contributed by atoms with Crippen LogP contribution in [0.5, 0.6) is 0 Å². The smallest absolute Gasteiger partial charge is 0.306 e. The third kappa shape index (κ3) is 10.6. The molecule has 0 amide bonds. The van der Waals surface area contributed by atoms with Crippen LogP contribution >= 0.6 is 11.6 Å². The summed E-state index contributed by atoms with van der Waals surface area (Å²) in [4.78, 5) is 68.2. The molecule has 1 unspecified atom stereocenters. The highest BCUT2D eigenvalue weighted by molar-refractivity contribution is 6.26. The molecule has 0 aromatic heterocycles. The molecule has 3 saturated carbocycles. The number of alkyl halides is 1. The van der Waals surface area contributed by atoms with E-state index in [1.165, 1.54) is 38.2 Å². The minimum absolute atomic E-state index is 0.0801. The van der Waals surface area contributed by atoms with Gasteiger partial charge in [0.15, 0.2) is 18.0 Å². The zero-order chi connectivity index (χ0) is 40.8. The molecule has 0 bridgehead atoms. The lowest BCUT2D eigenvalue weighted by atomic mass is 9.45. The number of aliphatic hydroxyl groups excluding tert-OH is 1. The highest BCUT2D eigenvalue weighted by Crippen LogP contribution is 2.72. The van der Waals surface area contributed by atoms with Gasteiger partial charge in [0.25, 0.3) is 0 Å². The van der Waals surface area contributed by atoms with Gasteiger partial charge in [-0.1, -0.05) is 106 Å². The highest BCUT2D eigenvalue weighted by Gasteiger charge is 2.76. The lowest BCUT2D eigenvalue weighted by molar-refractivity contribution is -0.203. The Labute approximate surface area is 321 Å². The van der Waals surface area contributed by atoms with Crippen LogP contribution < -0.4 is 0 Å². The van der Waals surface area contributed by atoms with Crippen LogP contribution in [0.1, 0.15) is 146 Å². The standard InChI is InChI=1S/C28H37ClO7.C7H16.2C3H6O2/c1-6-23(33)35-15-22(32)28(36-24(34)7-2)16(3)12-20-19-9-8-17-13-18(30)10-11-25(17,4)27(19,29)21(31)14-26(20,28)5;1-3-5-7-6-4-2;2*1-2-3(4)5/h10-11,13,16,19-21,31H,6-9,12,14-15H2,1-5H3;3-7H2,1-2H3;2*2H2,1H3,(H,4,5)/t16-,19-,20-,21-,25-,26-,27?,28-;;;/m0.../s1. The number of ether oxygens (including phenoxy) is 2. The molecule has 0 spiro atoms. The van der Waals surface area contributed by atoms with Crippen molar-refractivity contribution < 1.29 is 53.6 Å². The van der Waals surface area contributed by atoms with E-state index in [2.05, 4.69) is 13.8 Å². The number of halogens is 1. The first kappa shape index (κ1) is 48.0. The van der Waals surface area contributed by atoms with Gasteiger partial charge in [-0.2, -0.15) is 0 Å². The van der Waals surface area contributed by atoms with E-state index in [-0.39, 0.29) is 55.6 Å². The van der Waals surface area contributed by atoms with Gasteiger partial charge < -0.3 is 24.8 Å². The molecule has 0 aliphatic heterocycles. The molecule has 0 radical (unpaired) electrons. The van der Waals surface area contributed by atoms with E-state index in [1.54, 1.807) is 33.8 Å². The topological polar surface area (TPSA) is 182 Å². The summed E-state index contributed by atoms with van der Waals surface area (Å²) in [5, 5.41) is 27.2. The van der Waals surface area contributed by atoms with Gasteiger partial charge in [0, 0.05) is 42.4 Å². The summed E-state index contributed by atoms with van der Waals surface area (Å²) in [7, 11) is 0. The molecule has 4 aliphatic carbocycles. The summed E-state index contributed by atoms with van der Waals surface area (Å²) in [5.41, 5.74) is -2.27. The first-order valence-corrected chi connectivity index (χ1v) is 19.8. The Hall–Kier alpha value is -3.05. The van der Waals surface area contributed by atoms with Crippen molar-refractivity contribution in [2.24, 2.45) is 28.6 Å². The zero-order valence-corrected chi connectivity index (χ0v) is 34.2. The minimum Gasteiger partial charge on any atom is -0.481 e. The maximum atomic E-state index is 13.9. The van der Waals surface area contributed by atoms with E-state index in [0.29, 0.717) is 19.3 Å². The molecule has 0 aromatic rings. The number of Topliss-reactive ketones (excluding diaryl/α,β-unsaturated/α-hetero) is 1. The fourth-order valence-electron chi connectivity index (χ4n) is 8.68. The number of hydrogen-bond donors (Lipinski definition) is 3. The van der Waals surface area contributed by atoms with Gasteiger partial charge >= 0.3 is 23.9 Å². The van der Waals surface area contributed by atoms with Crippen molar-refractivity contribution in [3.05, 3.63) is 23.8 Å². The molecule has 3 fully saturated rings. The van der Waals surface area contributed by atoms with E-state index in [9.17, 15) is 33.9 Å². The number of hydrogen-bond acceptors (Lipinski definition) is 9. The van der Waals surface area contributed by atoms with Crippen LogP contribution in [-0.4, -0.2) is 73.9 Å². The molecule has 11 nitrogen and oxygen atoms in total. The summed E-state index contributed by atoms with van der Waals surface area (Å²) in [5.74, 6) is -3.73. The lowest BCUT2D eigenvalue weighted by Crippen LogP contribution is -2.69. The molecule has 4 aliphatic rings. The number of carboxylic acids is 2. The molecule has 3 N–H and O–H groups in total. The molecular weight excluding hydrogens is 704 g/mol. The Morgan fingerprint density at radius 3 is 1.85 bits per heavy atom. The lowest BCUT2D eigenvalue weighted by Gasteiger charge is -2.64. The van der Waals surface area contributed by atoms with Crippen LogP contribution in [0.3, 0.4) is 0 Å². The molecule has 4 rings (SSSR count). The Kier molecular flexibility index (Phi) is 19.1. The normalized spacial score (nSPS) is 31.9. The second-order valence-corrected chi connectivity index (χ2v) is 15.6. The van der Waals surface area contributed by atoms with Crippen LogP contribution in [0.25, 0.3) is 0 Å². The third-order valence-electron chi connectivity index (χ3n) is 11.6. The molecule has 0 saturated heterocycles. The van der Waals surface area contributed by atoms with Crippen molar-refractivity contribution in [2.75, 3.05) is 6.61 Å². The van der Waals surface area contributed by atoms with Gasteiger partial charge in [0.2, 0.25) is 5.78 Å². The number of esters is 2. The van der Waals surface area contributed by atoms with Crippen LogP contribution in [-0.2, 0) is 38.2 Å². The first-order valence-electron chi connectivity index (χ1n) is 19.4. The number of ketones is 2. The summed E-state index contributed by atoms with van der Waals surface area (Å²) in [6.45, 7) is 16.3. The average molecular weight is 769 g/mol. The van der Waals surface area contributed by atoms with E-state index in [1.807, 2.05) is 26.8 Å². The average Bonchev–Trinajstić information content (AvgIpc) is 3.34. The monoisotopic (exact) mass is 768 g/mol. The van der Waals surface area contributed by atoms with Crippen LogP contribution in [0.2, 0.25) is 0 Å². The largest absolute Gasteiger partial charge is 0.481 e. The van der Waals surface area contributed by atoms with Crippen LogP contribution in [0.4, 0.5) is 0 Å². The number of carboxylic acid groups (broad SMARTS) is 2.